The molecule has 1 saturated heterocycles. The Kier molecular flexibility index (Phi) is 3.91. The highest BCUT2D eigenvalue weighted by Gasteiger charge is 2.43. The molecule has 1 aliphatic carbocycles. The lowest BCUT2D eigenvalue weighted by Crippen LogP contribution is -2.56. The van der Waals surface area contributed by atoms with Crippen molar-refractivity contribution in [3.8, 4) is 0 Å². The van der Waals surface area contributed by atoms with E-state index < -0.39 is 0 Å². The molecule has 0 radical (unpaired) electrons. The van der Waals surface area contributed by atoms with E-state index in [2.05, 4.69) is 31.0 Å². The molecule has 2 rings (SSSR count). The quantitative estimate of drug-likeness (QED) is 0.772. The van der Waals surface area contributed by atoms with Crippen LogP contribution < -0.4 is 5.32 Å². The minimum absolute atomic E-state index is 0.711. The van der Waals surface area contributed by atoms with Gasteiger partial charge in [-0.25, -0.2) is 0 Å². The van der Waals surface area contributed by atoms with Crippen LogP contribution in [0.5, 0.6) is 0 Å². The van der Waals surface area contributed by atoms with E-state index in [-0.39, 0.29) is 0 Å². The SMILES string of the molecule is CCCC1CN(CC2(CC)CC2)C(C)CN1. The van der Waals surface area contributed by atoms with Gasteiger partial charge in [-0.15, -0.1) is 0 Å². The van der Waals surface area contributed by atoms with Crippen molar-refractivity contribution in [1.82, 2.24) is 10.2 Å². The Morgan fingerprint density at radius 3 is 2.62 bits per heavy atom. The van der Waals surface area contributed by atoms with Gasteiger partial charge in [-0.05, 0) is 38.0 Å². The van der Waals surface area contributed by atoms with E-state index in [1.807, 2.05) is 0 Å². The van der Waals surface area contributed by atoms with Gasteiger partial charge in [0, 0.05) is 31.7 Å². The van der Waals surface area contributed by atoms with E-state index in [0.717, 1.165) is 12.1 Å². The van der Waals surface area contributed by atoms with E-state index in [4.69, 9.17) is 0 Å². The fourth-order valence-corrected chi connectivity index (χ4v) is 2.99. The summed E-state index contributed by atoms with van der Waals surface area (Å²) in [7, 11) is 0. The van der Waals surface area contributed by atoms with Crippen molar-refractivity contribution < 1.29 is 0 Å². The summed E-state index contributed by atoms with van der Waals surface area (Å²) in [6, 6.07) is 1.48. The van der Waals surface area contributed by atoms with E-state index in [0.29, 0.717) is 5.41 Å². The first-order valence-electron chi connectivity index (χ1n) is 7.16. The molecule has 0 spiro atoms. The summed E-state index contributed by atoms with van der Waals surface area (Å²) < 4.78 is 0. The van der Waals surface area contributed by atoms with Crippen molar-refractivity contribution in [2.45, 2.75) is 65.0 Å². The van der Waals surface area contributed by atoms with Gasteiger partial charge in [0.05, 0.1) is 0 Å². The molecule has 2 fully saturated rings. The van der Waals surface area contributed by atoms with Gasteiger partial charge in [0.2, 0.25) is 0 Å². The lowest BCUT2D eigenvalue weighted by molar-refractivity contribution is 0.109. The van der Waals surface area contributed by atoms with Crippen LogP contribution >= 0.6 is 0 Å². The molecule has 94 valence electrons. The smallest absolute Gasteiger partial charge is 0.0195 e. The summed E-state index contributed by atoms with van der Waals surface area (Å²) >= 11 is 0. The molecule has 2 nitrogen and oxygen atoms in total. The van der Waals surface area contributed by atoms with Crippen molar-refractivity contribution in [2.75, 3.05) is 19.6 Å². The number of hydrogen-bond acceptors (Lipinski definition) is 2. The molecule has 0 aromatic carbocycles. The minimum atomic E-state index is 0.711. The second-order valence-electron chi connectivity index (χ2n) is 6.03. The van der Waals surface area contributed by atoms with Gasteiger partial charge >= 0.3 is 0 Å². The zero-order valence-corrected chi connectivity index (χ0v) is 11.3. The van der Waals surface area contributed by atoms with Crippen molar-refractivity contribution in [1.29, 1.82) is 0 Å². The third kappa shape index (κ3) is 2.78. The van der Waals surface area contributed by atoms with Crippen molar-refractivity contribution in [3.63, 3.8) is 0 Å². The highest BCUT2D eigenvalue weighted by molar-refractivity contribution is 4.97. The molecule has 2 atom stereocenters. The fourth-order valence-electron chi connectivity index (χ4n) is 2.99. The van der Waals surface area contributed by atoms with E-state index in [1.165, 1.54) is 51.7 Å². The highest BCUT2D eigenvalue weighted by Crippen LogP contribution is 2.49. The first-order chi connectivity index (χ1) is 7.69. The lowest BCUT2D eigenvalue weighted by atomic mass is 9.99. The van der Waals surface area contributed by atoms with E-state index >= 15 is 0 Å². The molecule has 2 heteroatoms. The number of piperazine rings is 1. The summed E-state index contributed by atoms with van der Waals surface area (Å²) in [5, 5.41) is 3.68. The molecule has 2 unspecified atom stereocenters. The summed E-state index contributed by atoms with van der Waals surface area (Å²) in [6.07, 6.45) is 6.96. The van der Waals surface area contributed by atoms with Crippen molar-refractivity contribution in [3.05, 3.63) is 0 Å². The Hall–Kier alpha value is -0.0800. The van der Waals surface area contributed by atoms with Crippen molar-refractivity contribution in [2.24, 2.45) is 5.41 Å². The topological polar surface area (TPSA) is 15.3 Å². The highest BCUT2D eigenvalue weighted by atomic mass is 15.2. The predicted octanol–water partition coefficient (Wildman–Crippen LogP) is 2.64. The Bertz CT molecular complexity index is 223. The average Bonchev–Trinajstić information content (AvgIpc) is 3.04. The van der Waals surface area contributed by atoms with Gasteiger partial charge in [0.25, 0.3) is 0 Å². The van der Waals surface area contributed by atoms with Crippen LogP contribution in [0, 0.1) is 5.41 Å². The molecule has 1 aliphatic heterocycles. The Labute approximate surface area is 101 Å². The summed E-state index contributed by atoms with van der Waals surface area (Å²) in [6.45, 7) is 10.8. The third-order valence-corrected chi connectivity index (χ3v) is 4.66. The maximum Gasteiger partial charge on any atom is 0.0195 e. The zero-order chi connectivity index (χ0) is 11.6. The van der Waals surface area contributed by atoms with Gasteiger partial charge < -0.3 is 5.32 Å². The monoisotopic (exact) mass is 224 g/mol. The second kappa shape index (κ2) is 5.05. The van der Waals surface area contributed by atoms with Gasteiger partial charge in [-0.2, -0.15) is 0 Å². The minimum Gasteiger partial charge on any atom is -0.311 e. The van der Waals surface area contributed by atoms with Crippen LogP contribution in [0.25, 0.3) is 0 Å². The molecule has 16 heavy (non-hydrogen) atoms. The summed E-state index contributed by atoms with van der Waals surface area (Å²) in [5.74, 6) is 0. The van der Waals surface area contributed by atoms with Crippen LogP contribution in [0.1, 0.15) is 52.9 Å². The lowest BCUT2D eigenvalue weighted by Gasteiger charge is -2.40. The normalized spacial score (nSPS) is 33.9. The molecule has 1 saturated carbocycles. The average molecular weight is 224 g/mol. The van der Waals surface area contributed by atoms with Gasteiger partial charge in [-0.3, -0.25) is 4.90 Å². The molecule has 0 bridgehead atoms. The fraction of sp³-hybridized carbons (Fsp3) is 1.00. The van der Waals surface area contributed by atoms with Crippen LogP contribution in [0.2, 0.25) is 0 Å². The number of nitrogens with one attached hydrogen (secondary N) is 1. The van der Waals surface area contributed by atoms with Gasteiger partial charge in [0.1, 0.15) is 0 Å². The predicted molar refractivity (Wildman–Crippen MR) is 69.7 cm³/mol. The third-order valence-electron chi connectivity index (χ3n) is 4.66. The molecule has 0 aromatic heterocycles. The largest absolute Gasteiger partial charge is 0.311 e. The standard InChI is InChI=1S/C14H28N2/c1-4-6-13-10-16(12(3)9-15-13)11-14(5-2)7-8-14/h12-13,15H,4-11H2,1-3H3. The molecule has 2 aliphatic rings. The Morgan fingerprint density at radius 2 is 2.06 bits per heavy atom. The van der Waals surface area contributed by atoms with Gasteiger partial charge in [-0.1, -0.05) is 20.3 Å². The summed E-state index contributed by atoms with van der Waals surface area (Å²) in [4.78, 5) is 2.74. The molecule has 1 N–H and O–H groups in total. The van der Waals surface area contributed by atoms with E-state index in [9.17, 15) is 0 Å². The van der Waals surface area contributed by atoms with E-state index in [1.54, 1.807) is 0 Å². The number of hydrogen-bond donors (Lipinski definition) is 1. The maximum absolute atomic E-state index is 3.68. The van der Waals surface area contributed by atoms with Crippen LogP contribution in [0.15, 0.2) is 0 Å². The first-order valence-corrected chi connectivity index (χ1v) is 7.16. The summed E-state index contributed by atoms with van der Waals surface area (Å²) in [5.41, 5.74) is 0.711. The molecule has 0 amide bonds. The molecular formula is C14H28N2. The Balaban J connectivity index is 1.86. The van der Waals surface area contributed by atoms with Crippen molar-refractivity contribution >= 4 is 0 Å². The molecular weight excluding hydrogens is 196 g/mol. The number of rotatable bonds is 5. The van der Waals surface area contributed by atoms with Crippen LogP contribution in [0.4, 0.5) is 0 Å². The Morgan fingerprint density at radius 1 is 1.31 bits per heavy atom. The van der Waals surface area contributed by atoms with Crippen LogP contribution in [0.3, 0.4) is 0 Å². The van der Waals surface area contributed by atoms with Crippen LogP contribution in [-0.2, 0) is 0 Å². The first kappa shape index (κ1) is 12.4. The number of nitrogens with zero attached hydrogens (tertiary/aromatic N) is 1. The van der Waals surface area contributed by atoms with Crippen LogP contribution in [-0.4, -0.2) is 36.6 Å². The molecule has 0 aromatic rings. The zero-order valence-electron chi connectivity index (χ0n) is 11.3. The second-order valence-corrected chi connectivity index (χ2v) is 6.03. The molecule has 1 heterocycles. The van der Waals surface area contributed by atoms with Gasteiger partial charge in [0.15, 0.2) is 0 Å². The maximum atomic E-state index is 3.68.